The summed E-state index contributed by atoms with van der Waals surface area (Å²) in [5.74, 6) is -0.236. The summed E-state index contributed by atoms with van der Waals surface area (Å²) in [5, 5.41) is 18.8. The average Bonchev–Trinajstić information content (AvgIpc) is 2.88. The summed E-state index contributed by atoms with van der Waals surface area (Å²) < 4.78 is 0. The fourth-order valence-electron chi connectivity index (χ4n) is 1.88. The molecule has 1 aliphatic heterocycles. The monoisotopic (exact) mass is 365 g/mol. The number of carbonyl (C=O) groups is 2. The Kier molecular flexibility index (Phi) is 7.33. The van der Waals surface area contributed by atoms with Crippen LogP contribution in [0.1, 0.15) is 31.7 Å². The van der Waals surface area contributed by atoms with Gasteiger partial charge in [-0.05, 0) is 29.9 Å². The van der Waals surface area contributed by atoms with Gasteiger partial charge in [-0.3, -0.25) is 9.59 Å². The zero-order valence-electron chi connectivity index (χ0n) is 13.3. The van der Waals surface area contributed by atoms with Gasteiger partial charge in [-0.25, -0.2) is 0 Å². The van der Waals surface area contributed by atoms with E-state index in [1.807, 2.05) is 36.0 Å². The number of carboxylic acids is 1. The molecule has 0 bridgehead atoms. The van der Waals surface area contributed by atoms with Crippen LogP contribution in [0.25, 0.3) is 0 Å². The molecular formula is C16H19N3O3S2. The number of amidine groups is 1. The number of hydrogen-bond donors (Lipinski definition) is 2. The Bertz CT molecular complexity index is 644. The topological polar surface area (TPSA) is 91.1 Å². The van der Waals surface area contributed by atoms with E-state index in [4.69, 9.17) is 5.11 Å². The van der Waals surface area contributed by atoms with Gasteiger partial charge in [-0.1, -0.05) is 37.2 Å². The number of nitrogens with zero attached hydrogens (tertiary/aromatic N) is 2. The smallest absolute Gasteiger partial charge is 0.305 e. The molecule has 2 rings (SSSR count). The predicted octanol–water partition coefficient (Wildman–Crippen LogP) is 2.98. The summed E-state index contributed by atoms with van der Waals surface area (Å²) in [6, 6.07) is 8.02. The first-order chi connectivity index (χ1) is 11.6. The van der Waals surface area contributed by atoms with Gasteiger partial charge in [-0.2, -0.15) is 5.10 Å². The molecule has 0 radical (unpaired) electrons. The van der Waals surface area contributed by atoms with E-state index in [1.165, 1.54) is 17.7 Å². The molecule has 2 N–H and O–H groups in total. The second kappa shape index (κ2) is 9.48. The largest absolute Gasteiger partial charge is 0.481 e. The minimum atomic E-state index is -1.01. The molecule has 1 aliphatic rings. The van der Waals surface area contributed by atoms with E-state index in [1.54, 1.807) is 6.21 Å². The highest BCUT2D eigenvalue weighted by Crippen LogP contribution is 2.22. The van der Waals surface area contributed by atoms with Crippen LogP contribution in [0.15, 0.2) is 39.4 Å². The third-order valence-electron chi connectivity index (χ3n) is 3.14. The fraction of sp³-hybridized carbons (Fsp3) is 0.375. The number of thioether (sulfide) groups is 2. The number of nitrogens with one attached hydrogen (secondary N) is 1. The van der Waals surface area contributed by atoms with Gasteiger partial charge in [0, 0.05) is 4.90 Å². The highest BCUT2D eigenvalue weighted by Gasteiger charge is 2.32. The lowest BCUT2D eigenvalue weighted by Gasteiger charge is -2.00. The maximum Gasteiger partial charge on any atom is 0.305 e. The number of unbranched alkanes of at least 4 members (excludes halogenated alkanes) is 1. The number of carbonyl (C=O) groups excluding carboxylic acids is 1. The number of rotatable bonds is 8. The standard InChI is InChI=1S/C16H19N3O3S2/c1-2-3-8-23-12-6-4-11(5-7-12)10-17-19-16-18-15(22)13(24-16)9-14(20)21/h4-7,10,13H,2-3,8-9H2,1H3,(H,20,21)(H,18,19,22). The van der Waals surface area contributed by atoms with Gasteiger partial charge in [0.15, 0.2) is 5.17 Å². The third-order valence-corrected chi connectivity index (χ3v) is 5.31. The Morgan fingerprint density at radius 3 is 2.83 bits per heavy atom. The molecular weight excluding hydrogens is 346 g/mol. The van der Waals surface area contributed by atoms with Crippen LogP contribution in [-0.4, -0.2) is 39.4 Å². The van der Waals surface area contributed by atoms with Crippen molar-refractivity contribution in [2.45, 2.75) is 36.3 Å². The second-order valence-electron chi connectivity index (χ2n) is 5.11. The number of benzene rings is 1. The molecule has 8 heteroatoms. The van der Waals surface area contributed by atoms with Crippen LogP contribution < -0.4 is 5.32 Å². The number of hydrogen-bond acceptors (Lipinski definition) is 6. The van der Waals surface area contributed by atoms with Gasteiger partial charge < -0.3 is 10.4 Å². The molecule has 1 aromatic carbocycles. The first kappa shape index (κ1) is 18.5. The number of amides is 1. The lowest BCUT2D eigenvalue weighted by atomic mass is 10.2. The highest BCUT2D eigenvalue weighted by atomic mass is 32.2. The normalized spacial score (nSPS) is 19.1. The van der Waals surface area contributed by atoms with Gasteiger partial charge >= 0.3 is 5.97 Å². The minimum Gasteiger partial charge on any atom is -0.481 e. The molecule has 0 spiro atoms. The zero-order chi connectivity index (χ0) is 17.4. The Labute approximate surface area is 149 Å². The second-order valence-corrected chi connectivity index (χ2v) is 7.47. The average molecular weight is 365 g/mol. The van der Waals surface area contributed by atoms with Crippen molar-refractivity contribution in [3.05, 3.63) is 29.8 Å². The van der Waals surface area contributed by atoms with Crippen LogP contribution in [0.4, 0.5) is 0 Å². The summed E-state index contributed by atoms with van der Waals surface area (Å²) in [5.41, 5.74) is 0.913. The molecule has 1 aromatic rings. The SMILES string of the molecule is CCCCSc1ccc(C=NN=C2NC(=O)C(CC(=O)O)S2)cc1. The summed E-state index contributed by atoms with van der Waals surface area (Å²) in [6.45, 7) is 2.18. The van der Waals surface area contributed by atoms with Crippen molar-refractivity contribution in [1.29, 1.82) is 0 Å². The van der Waals surface area contributed by atoms with Crippen molar-refractivity contribution >= 4 is 46.8 Å². The van der Waals surface area contributed by atoms with Crippen molar-refractivity contribution in [2.24, 2.45) is 10.2 Å². The van der Waals surface area contributed by atoms with Crippen LogP contribution >= 0.6 is 23.5 Å². The van der Waals surface area contributed by atoms with Crippen molar-refractivity contribution in [1.82, 2.24) is 5.32 Å². The van der Waals surface area contributed by atoms with E-state index in [0.717, 1.165) is 23.1 Å². The summed E-state index contributed by atoms with van der Waals surface area (Å²) in [6.07, 6.45) is 3.78. The molecule has 1 saturated heterocycles. The Balaban J connectivity index is 1.87. The first-order valence-electron chi connectivity index (χ1n) is 7.61. The van der Waals surface area contributed by atoms with Crippen molar-refractivity contribution in [3.63, 3.8) is 0 Å². The molecule has 1 amide bonds. The first-order valence-corrected chi connectivity index (χ1v) is 9.48. The summed E-state index contributed by atoms with van der Waals surface area (Å²) in [4.78, 5) is 23.4. The molecule has 6 nitrogen and oxygen atoms in total. The summed E-state index contributed by atoms with van der Waals surface area (Å²) >= 11 is 2.92. The molecule has 1 unspecified atom stereocenters. The quantitative estimate of drug-likeness (QED) is 0.320. The molecule has 24 heavy (non-hydrogen) atoms. The third kappa shape index (κ3) is 6.01. The van der Waals surface area contributed by atoms with Crippen LogP contribution in [0.3, 0.4) is 0 Å². The van der Waals surface area contributed by atoms with Crippen molar-refractivity contribution in [2.75, 3.05) is 5.75 Å². The van der Waals surface area contributed by atoms with Crippen LogP contribution in [-0.2, 0) is 9.59 Å². The van der Waals surface area contributed by atoms with Gasteiger partial charge in [0.05, 0.1) is 12.6 Å². The number of aliphatic carboxylic acids is 1. The van der Waals surface area contributed by atoms with Crippen molar-refractivity contribution in [3.8, 4) is 0 Å². The Morgan fingerprint density at radius 2 is 2.17 bits per heavy atom. The molecule has 128 valence electrons. The maximum atomic E-state index is 11.6. The van der Waals surface area contributed by atoms with E-state index in [0.29, 0.717) is 5.17 Å². The Hall–Kier alpha value is -1.80. The summed E-state index contributed by atoms with van der Waals surface area (Å²) in [7, 11) is 0. The van der Waals surface area contributed by atoms with Gasteiger partial charge in [0.1, 0.15) is 5.25 Å². The van der Waals surface area contributed by atoms with Crippen LogP contribution in [0.5, 0.6) is 0 Å². The lowest BCUT2D eigenvalue weighted by Crippen LogP contribution is -2.26. The number of carboxylic acid groups (broad SMARTS) is 1. The van der Waals surface area contributed by atoms with E-state index in [2.05, 4.69) is 22.4 Å². The molecule has 1 atom stereocenters. The minimum absolute atomic E-state index is 0.226. The van der Waals surface area contributed by atoms with Gasteiger partial charge in [0.25, 0.3) is 0 Å². The van der Waals surface area contributed by atoms with E-state index < -0.39 is 11.2 Å². The van der Waals surface area contributed by atoms with Crippen LogP contribution in [0.2, 0.25) is 0 Å². The molecule has 0 aliphatic carbocycles. The molecule has 0 aromatic heterocycles. The van der Waals surface area contributed by atoms with Crippen molar-refractivity contribution < 1.29 is 14.7 Å². The van der Waals surface area contributed by atoms with Gasteiger partial charge in [-0.15, -0.1) is 16.9 Å². The predicted molar refractivity (Wildman–Crippen MR) is 98.9 cm³/mol. The molecule has 1 fully saturated rings. The fourth-order valence-corrected chi connectivity index (χ4v) is 3.79. The Morgan fingerprint density at radius 1 is 1.42 bits per heavy atom. The van der Waals surface area contributed by atoms with E-state index in [9.17, 15) is 9.59 Å². The molecule has 0 saturated carbocycles. The maximum absolute atomic E-state index is 11.6. The van der Waals surface area contributed by atoms with E-state index in [-0.39, 0.29) is 12.3 Å². The van der Waals surface area contributed by atoms with E-state index >= 15 is 0 Å². The van der Waals surface area contributed by atoms with Gasteiger partial charge in [0.2, 0.25) is 5.91 Å². The van der Waals surface area contributed by atoms with Crippen LogP contribution in [0, 0.1) is 0 Å². The lowest BCUT2D eigenvalue weighted by molar-refractivity contribution is -0.138. The highest BCUT2D eigenvalue weighted by molar-refractivity contribution is 8.15. The molecule has 1 heterocycles. The zero-order valence-corrected chi connectivity index (χ0v) is 14.9.